The summed E-state index contributed by atoms with van der Waals surface area (Å²) >= 11 is 1.89. The van der Waals surface area contributed by atoms with E-state index >= 15 is 0 Å². The zero-order valence-corrected chi connectivity index (χ0v) is 12.3. The van der Waals surface area contributed by atoms with Gasteiger partial charge in [0.25, 0.3) is 0 Å². The van der Waals surface area contributed by atoms with Crippen molar-refractivity contribution in [3.63, 3.8) is 0 Å². The second-order valence-corrected chi connectivity index (χ2v) is 6.18. The molecule has 0 heterocycles. The van der Waals surface area contributed by atoms with Crippen LogP contribution < -0.4 is 10.1 Å². The maximum atomic E-state index is 13.8. The van der Waals surface area contributed by atoms with Gasteiger partial charge in [-0.15, -0.1) is 0 Å². The number of ether oxygens (including phenoxy) is 1. The minimum atomic E-state index is -0.252. The number of hydrogen-bond donors (Lipinski definition) is 1. The smallest absolute Gasteiger partial charge is 0.165 e. The highest BCUT2D eigenvalue weighted by atomic mass is 32.2. The van der Waals surface area contributed by atoms with Crippen molar-refractivity contribution in [2.75, 3.05) is 18.1 Å². The van der Waals surface area contributed by atoms with Gasteiger partial charge in [-0.2, -0.15) is 11.8 Å². The molecule has 0 aliphatic heterocycles. The SMILES string of the molecule is CCSCCCOc1c(F)cccc1CNC1CC1. The Labute approximate surface area is 119 Å². The second kappa shape index (κ2) is 7.75. The van der Waals surface area contributed by atoms with Crippen LogP contribution in [0, 0.1) is 5.82 Å². The standard InChI is InChI=1S/C15H22FNOS/c1-2-19-10-4-9-18-15-12(5-3-6-14(15)16)11-17-13-7-8-13/h3,5-6,13,17H,2,4,7-11H2,1H3. The van der Waals surface area contributed by atoms with E-state index in [4.69, 9.17) is 4.74 Å². The van der Waals surface area contributed by atoms with Crippen LogP contribution in [0.1, 0.15) is 31.7 Å². The number of thioether (sulfide) groups is 1. The molecular formula is C15H22FNOS. The Hall–Kier alpha value is -0.740. The molecule has 0 radical (unpaired) electrons. The van der Waals surface area contributed by atoms with E-state index in [1.165, 1.54) is 18.9 Å². The molecule has 19 heavy (non-hydrogen) atoms. The molecule has 1 aliphatic rings. The molecule has 0 unspecified atom stereocenters. The number of halogens is 1. The number of hydrogen-bond acceptors (Lipinski definition) is 3. The third-order valence-electron chi connectivity index (χ3n) is 3.09. The normalized spacial score (nSPS) is 14.6. The Balaban J connectivity index is 1.84. The van der Waals surface area contributed by atoms with Gasteiger partial charge in [-0.1, -0.05) is 19.1 Å². The minimum Gasteiger partial charge on any atom is -0.490 e. The first kappa shape index (κ1) is 14.7. The molecule has 0 spiro atoms. The first-order valence-electron chi connectivity index (χ1n) is 7.02. The highest BCUT2D eigenvalue weighted by molar-refractivity contribution is 7.99. The fraction of sp³-hybridized carbons (Fsp3) is 0.600. The molecular weight excluding hydrogens is 261 g/mol. The molecule has 1 saturated carbocycles. The van der Waals surface area contributed by atoms with Crippen molar-refractivity contribution < 1.29 is 9.13 Å². The summed E-state index contributed by atoms with van der Waals surface area (Å²) in [4.78, 5) is 0. The molecule has 0 saturated heterocycles. The molecule has 1 aromatic carbocycles. The lowest BCUT2D eigenvalue weighted by atomic mass is 10.2. The van der Waals surface area contributed by atoms with Gasteiger partial charge in [0.2, 0.25) is 0 Å². The van der Waals surface area contributed by atoms with E-state index in [1.807, 2.05) is 17.8 Å². The van der Waals surface area contributed by atoms with Crippen LogP contribution in [0.5, 0.6) is 5.75 Å². The summed E-state index contributed by atoms with van der Waals surface area (Å²) < 4.78 is 19.4. The Kier molecular flexibility index (Phi) is 5.98. The predicted octanol–water partition coefficient (Wildman–Crippen LogP) is 3.60. The number of nitrogens with one attached hydrogen (secondary N) is 1. The van der Waals surface area contributed by atoms with E-state index in [0.717, 1.165) is 23.5 Å². The molecule has 0 bridgehead atoms. The Morgan fingerprint density at radius 3 is 3.00 bits per heavy atom. The van der Waals surface area contributed by atoms with Crippen LogP contribution in [-0.2, 0) is 6.54 Å². The monoisotopic (exact) mass is 283 g/mol. The van der Waals surface area contributed by atoms with Crippen molar-refractivity contribution in [1.82, 2.24) is 5.32 Å². The average Bonchev–Trinajstić information content (AvgIpc) is 3.22. The van der Waals surface area contributed by atoms with Crippen molar-refractivity contribution in [1.29, 1.82) is 0 Å². The lowest BCUT2D eigenvalue weighted by Crippen LogP contribution is -2.16. The zero-order chi connectivity index (χ0) is 13.5. The number of para-hydroxylation sites is 1. The Bertz CT molecular complexity index is 396. The maximum Gasteiger partial charge on any atom is 0.165 e. The van der Waals surface area contributed by atoms with E-state index in [0.29, 0.717) is 24.9 Å². The van der Waals surface area contributed by atoms with Gasteiger partial charge in [0.1, 0.15) is 0 Å². The van der Waals surface area contributed by atoms with Crippen molar-refractivity contribution >= 4 is 11.8 Å². The number of benzene rings is 1. The van der Waals surface area contributed by atoms with Crippen molar-refractivity contribution in [2.45, 2.75) is 38.8 Å². The van der Waals surface area contributed by atoms with E-state index in [-0.39, 0.29) is 5.82 Å². The highest BCUT2D eigenvalue weighted by Crippen LogP contribution is 2.25. The summed E-state index contributed by atoms with van der Waals surface area (Å²) in [5.41, 5.74) is 0.926. The van der Waals surface area contributed by atoms with Crippen LogP contribution in [0.3, 0.4) is 0 Å². The topological polar surface area (TPSA) is 21.3 Å². The molecule has 1 aliphatic carbocycles. The largest absolute Gasteiger partial charge is 0.490 e. The Morgan fingerprint density at radius 1 is 1.42 bits per heavy atom. The number of rotatable bonds is 9. The molecule has 0 aromatic heterocycles. The lowest BCUT2D eigenvalue weighted by Gasteiger charge is -2.13. The molecule has 106 valence electrons. The summed E-state index contributed by atoms with van der Waals surface area (Å²) in [5, 5.41) is 3.40. The van der Waals surface area contributed by atoms with E-state index in [1.54, 1.807) is 6.07 Å². The van der Waals surface area contributed by atoms with Gasteiger partial charge < -0.3 is 10.1 Å². The Morgan fingerprint density at radius 2 is 2.26 bits per heavy atom. The fourth-order valence-corrected chi connectivity index (χ4v) is 2.49. The van der Waals surface area contributed by atoms with E-state index < -0.39 is 0 Å². The van der Waals surface area contributed by atoms with Crippen LogP contribution in [0.15, 0.2) is 18.2 Å². The third-order valence-corrected chi connectivity index (χ3v) is 4.08. The molecule has 1 aromatic rings. The highest BCUT2D eigenvalue weighted by Gasteiger charge is 2.21. The van der Waals surface area contributed by atoms with Crippen LogP contribution in [0.2, 0.25) is 0 Å². The van der Waals surface area contributed by atoms with Crippen molar-refractivity contribution in [2.24, 2.45) is 0 Å². The minimum absolute atomic E-state index is 0.252. The average molecular weight is 283 g/mol. The molecule has 2 nitrogen and oxygen atoms in total. The molecule has 0 amide bonds. The summed E-state index contributed by atoms with van der Waals surface area (Å²) in [7, 11) is 0. The maximum absolute atomic E-state index is 13.8. The van der Waals surface area contributed by atoms with E-state index in [2.05, 4.69) is 12.2 Å². The first-order valence-corrected chi connectivity index (χ1v) is 8.18. The molecule has 1 fully saturated rings. The van der Waals surface area contributed by atoms with Crippen LogP contribution in [0.4, 0.5) is 4.39 Å². The molecule has 0 atom stereocenters. The summed E-state index contributed by atoms with van der Waals surface area (Å²) in [6, 6.07) is 5.78. The van der Waals surface area contributed by atoms with Crippen molar-refractivity contribution in [3.05, 3.63) is 29.6 Å². The molecule has 1 N–H and O–H groups in total. The van der Waals surface area contributed by atoms with Gasteiger partial charge in [-0.25, -0.2) is 4.39 Å². The summed E-state index contributed by atoms with van der Waals surface area (Å²) in [6.45, 7) is 3.43. The van der Waals surface area contributed by atoms with Gasteiger partial charge in [0.05, 0.1) is 6.61 Å². The van der Waals surface area contributed by atoms with Crippen LogP contribution in [0.25, 0.3) is 0 Å². The van der Waals surface area contributed by atoms with Crippen LogP contribution in [-0.4, -0.2) is 24.2 Å². The summed E-state index contributed by atoms with van der Waals surface area (Å²) in [6.07, 6.45) is 3.43. The predicted molar refractivity (Wildman–Crippen MR) is 79.4 cm³/mol. The zero-order valence-electron chi connectivity index (χ0n) is 11.5. The quantitative estimate of drug-likeness (QED) is 0.700. The van der Waals surface area contributed by atoms with Gasteiger partial charge in [-0.3, -0.25) is 0 Å². The third kappa shape index (κ3) is 5.03. The van der Waals surface area contributed by atoms with Gasteiger partial charge in [-0.05, 0) is 36.8 Å². The van der Waals surface area contributed by atoms with Gasteiger partial charge in [0, 0.05) is 18.2 Å². The van der Waals surface area contributed by atoms with Crippen LogP contribution >= 0.6 is 11.8 Å². The molecule has 4 heteroatoms. The fourth-order valence-electron chi connectivity index (χ4n) is 1.88. The first-order chi connectivity index (χ1) is 9.31. The van der Waals surface area contributed by atoms with E-state index in [9.17, 15) is 4.39 Å². The summed E-state index contributed by atoms with van der Waals surface area (Å²) in [5.74, 6) is 2.37. The van der Waals surface area contributed by atoms with Gasteiger partial charge in [0.15, 0.2) is 11.6 Å². The lowest BCUT2D eigenvalue weighted by molar-refractivity contribution is 0.298. The second-order valence-electron chi connectivity index (χ2n) is 4.78. The molecule has 2 rings (SSSR count). The van der Waals surface area contributed by atoms with Crippen molar-refractivity contribution in [3.8, 4) is 5.75 Å². The van der Waals surface area contributed by atoms with Gasteiger partial charge >= 0.3 is 0 Å².